The fourth-order valence-electron chi connectivity index (χ4n) is 1.89. The first kappa shape index (κ1) is 15.4. The van der Waals surface area contributed by atoms with Crippen molar-refractivity contribution in [3.05, 3.63) is 62.5 Å². The number of hydrogen-bond donors (Lipinski definition) is 1. The molecule has 0 aliphatic carbocycles. The average molecular weight is 354 g/mol. The van der Waals surface area contributed by atoms with E-state index in [2.05, 4.69) is 26.2 Å². The summed E-state index contributed by atoms with van der Waals surface area (Å²) < 4.78 is 13.4. The van der Waals surface area contributed by atoms with Crippen LogP contribution in [0.15, 0.2) is 41.0 Å². The van der Waals surface area contributed by atoms with Crippen molar-refractivity contribution >= 4 is 27.4 Å². The normalized spacial score (nSPS) is 12.0. The van der Waals surface area contributed by atoms with Crippen LogP contribution in [0.25, 0.3) is 0 Å². The maximum absolute atomic E-state index is 12.8. The van der Waals surface area contributed by atoms with Gasteiger partial charge in [0.15, 0.2) is 0 Å². The van der Waals surface area contributed by atoms with Crippen molar-refractivity contribution in [3.8, 4) is 0 Å². The second-order valence-electron chi connectivity index (χ2n) is 4.66. The molecule has 0 aliphatic heterocycles. The number of nitrogens with one attached hydrogen (secondary N) is 1. The van der Waals surface area contributed by atoms with E-state index in [0.717, 1.165) is 5.56 Å². The quantitative estimate of drug-likeness (QED) is 0.653. The Bertz CT molecular complexity index is 649. The third-order valence-electron chi connectivity index (χ3n) is 2.88. The van der Waals surface area contributed by atoms with Crippen LogP contribution >= 0.6 is 15.9 Å². The van der Waals surface area contributed by atoms with Crippen LogP contribution < -0.4 is 5.32 Å². The number of pyridine rings is 1. The van der Waals surface area contributed by atoms with Gasteiger partial charge in [-0.1, -0.05) is 12.1 Å². The molecule has 1 atom stereocenters. The first-order chi connectivity index (χ1) is 9.95. The fourth-order valence-corrected chi connectivity index (χ4v) is 2.34. The number of nitro groups is 1. The number of benzene rings is 1. The number of nitrogens with zero attached hydrogens (tertiary/aromatic N) is 2. The zero-order valence-electron chi connectivity index (χ0n) is 11.2. The third kappa shape index (κ3) is 4.22. The van der Waals surface area contributed by atoms with Crippen molar-refractivity contribution < 1.29 is 9.31 Å². The highest BCUT2D eigenvalue weighted by atomic mass is 79.9. The standard InChI is InChI=1S/C14H13BrFN3O2/c1-9(6-10-2-4-11(16)5-3-10)18-14-13(15)7-12(8-17-14)19(20)21/h2-5,7-9H,6H2,1H3,(H,17,18). The highest BCUT2D eigenvalue weighted by Crippen LogP contribution is 2.25. The summed E-state index contributed by atoms with van der Waals surface area (Å²) in [6.45, 7) is 1.96. The van der Waals surface area contributed by atoms with Crippen molar-refractivity contribution in [2.75, 3.05) is 5.32 Å². The molecule has 0 radical (unpaired) electrons. The van der Waals surface area contributed by atoms with E-state index in [-0.39, 0.29) is 17.5 Å². The first-order valence-electron chi connectivity index (χ1n) is 6.26. The van der Waals surface area contributed by atoms with Crippen molar-refractivity contribution in [2.45, 2.75) is 19.4 Å². The van der Waals surface area contributed by atoms with Crippen molar-refractivity contribution in [1.29, 1.82) is 0 Å². The van der Waals surface area contributed by atoms with Gasteiger partial charge in [0.1, 0.15) is 17.8 Å². The van der Waals surface area contributed by atoms with Gasteiger partial charge in [-0.25, -0.2) is 9.37 Å². The van der Waals surface area contributed by atoms with Gasteiger partial charge in [0, 0.05) is 12.1 Å². The summed E-state index contributed by atoms with van der Waals surface area (Å²) in [4.78, 5) is 14.2. The van der Waals surface area contributed by atoms with Gasteiger partial charge in [-0.2, -0.15) is 0 Å². The van der Waals surface area contributed by atoms with Gasteiger partial charge in [-0.15, -0.1) is 0 Å². The largest absolute Gasteiger partial charge is 0.366 e. The maximum Gasteiger partial charge on any atom is 0.288 e. The number of rotatable bonds is 5. The molecule has 21 heavy (non-hydrogen) atoms. The van der Waals surface area contributed by atoms with E-state index in [1.165, 1.54) is 24.4 Å². The lowest BCUT2D eigenvalue weighted by Crippen LogP contribution is -2.19. The van der Waals surface area contributed by atoms with Gasteiger partial charge in [0.2, 0.25) is 0 Å². The Morgan fingerprint density at radius 3 is 2.67 bits per heavy atom. The Morgan fingerprint density at radius 2 is 2.10 bits per heavy atom. The minimum atomic E-state index is -0.497. The lowest BCUT2D eigenvalue weighted by molar-refractivity contribution is -0.385. The number of aromatic nitrogens is 1. The topological polar surface area (TPSA) is 68.1 Å². The molecular weight excluding hydrogens is 341 g/mol. The molecule has 2 rings (SSSR count). The minimum Gasteiger partial charge on any atom is -0.366 e. The molecule has 2 aromatic rings. The number of anilines is 1. The lowest BCUT2D eigenvalue weighted by Gasteiger charge is -2.15. The molecule has 0 spiro atoms. The van der Waals surface area contributed by atoms with Gasteiger partial charge in [0.25, 0.3) is 5.69 Å². The predicted octanol–water partition coefficient (Wildman–Crippen LogP) is 3.93. The Balaban J connectivity index is 2.04. The van der Waals surface area contributed by atoms with Crippen molar-refractivity contribution in [1.82, 2.24) is 4.98 Å². The molecule has 0 amide bonds. The molecule has 1 aromatic heterocycles. The minimum absolute atomic E-state index is 0.0423. The SMILES string of the molecule is CC(Cc1ccc(F)cc1)Nc1ncc([N+](=O)[O-])cc1Br. The van der Waals surface area contributed by atoms with Crippen LogP contribution in [-0.2, 0) is 6.42 Å². The zero-order valence-corrected chi connectivity index (χ0v) is 12.8. The summed E-state index contributed by atoms with van der Waals surface area (Å²) in [5, 5.41) is 13.8. The van der Waals surface area contributed by atoms with Crippen molar-refractivity contribution in [2.24, 2.45) is 0 Å². The summed E-state index contributed by atoms with van der Waals surface area (Å²) in [6, 6.07) is 7.74. The Kier molecular flexibility index (Phi) is 4.85. The van der Waals surface area contributed by atoms with Crippen LogP contribution in [0.2, 0.25) is 0 Å². The van der Waals surface area contributed by atoms with E-state index >= 15 is 0 Å². The Hall–Kier alpha value is -2.02. The molecular formula is C14H13BrFN3O2. The predicted molar refractivity (Wildman–Crippen MR) is 81.8 cm³/mol. The lowest BCUT2D eigenvalue weighted by atomic mass is 10.1. The van der Waals surface area contributed by atoms with Crippen LogP contribution in [-0.4, -0.2) is 15.9 Å². The van der Waals surface area contributed by atoms with Gasteiger partial charge in [0.05, 0.1) is 9.40 Å². The Labute approximate surface area is 129 Å². The number of hydrogen-bond acceptors (Lipinski definition) is 4. The highest BCUT2D eigenvalue weighted by Gasteiger charge is 2.12. The Morgan fingerprint density at radius 1 is 1.43 bits per heavy atom. The van der Waals surface area contributed by atoms with Crippen LogP contribution in [0.4, 0.5) is 15.9 Å². The monoisotopic (exact) mass is 353 g/mol. The molecule has 1 heterocycles. The van der Waals surface area contributed by atoms with E-state index < -0.39 is 4.92 Å². The van der Waals surface area contributed by atoms with E-state index in [1.54, 1.807) is 12.1 Å². The van der Waals surface area contributed by atoms with E-state index in [0.29, 0.717) is 16.7 Å². The van der Waals surface area contributed by atoms with Crippen molar-refractivity contribution in [3.63, 3.8) is 0 Å². The highest BCUT2D eigenvalue weighted by molar-refractivity contribution is 9.10. The van der Waals surface area contributed by atoms with Crippen LogP contribution in [0.5, 0.6) is 0 Å². The van der Waals surface area contributed by atoms with E-state index in [9.17, 15) is 14.5 Å². The second-order valence-corrected chi connectivity index (χ2v) is 5.51. The third-order valence-corrected chi connectivity index (χ3v) is 3.48. The molecule has 0 fully saturated rings. The van der Waals surface area contributed by atoms with Gasteiger partial charge >= 0.3 is 0 Å². The average Bonchev–Trinajstić information content (AvgIpc) is 2.43. The van der Waals surface area contributed by atoms with Gasteiger partial charge < -0.3 is 5.32 Å². The first-order valence-corrected chi connectivity index (χ1v) is 7.06. The summed E-state index contributed by atoms with van der Waals surface area (Å²) >= 11 is 3.26. The summed E-state index contributed by atoms with van der Waals surface area (Å²) in [7, 11) is 0. The number of halogens is 2. The summed E-state index contributed by atoms with van der Waals surface area (Å²) in [5.74, 6) is 0.273. The molecule has 0 aliphatic rings. The van der Waals surface area contributed by atoms with Gasteiger partial charge in [-0.05, 0) is 47.0 Å². The van der Waals surface area contributed by atoms with E-state index in [4.69, 9.17) is 0 Å². The molecule has 1 N–H and O–H groups in total. The van der Waals surface area contributed by atoms with Gasteiger partial charge in [-0.3, -0.25) is 10.1 Å². The molecule has 1 unspecified atom stereocenters. The molecule has 7 heteroatoms. The molecule has 110 valence electrons. The molecule has 1 aromatic carbocycles. The molecule has 0 saturated heterocycles. The van der Waals surface area contributed by atoms with Crippen LogP contribution in [0.1, 0.15) is 12.5 Å². The zero-order chi connectivity index (χ0) is 15.4. The smallest absolute Gasteiger partial charge is 0.288 e. The second kappa shape index (κ2) is 6.62. The molecule has 5 nitrogen and oxygen atoms in total. The molecule has 0 bridgehead atoms. The summed E-state index contributed by atoms with van der Waals surface area (Å²) in [5.41, 5.74) is 0.924. The summed E-state index contributed by atoms with van der Waals surface area (Å²) in [6.07, 6.45) is 1.89. The molecule has 0 saturated carbocycles. The van der Waals surface area contributed by atoms with Crippen LogP contribution in [0.3, 0.4) is 0 Å². The van der Waals surface area contributed by atoms with Crippen LogP contribution in [0, 0.1) is 15.9 Å². The maximum atomic E-state index is 12.8. The van der Waals surface area contributed by atoms with E-state index in [1.807, 2.05) is 6.92 Å². The fraction of sp³-hybridized carbons (Fsp3) is 0.214.